The van der Waals surface area contributed by atoms with Crippen molar-refractivity contribution in [2.24, 2.45) is 11.0 Å². The zero-order valence-corrected chi connectivity index (χ0v) is 16.2. The fourth-order valence-electron chi connectivity index (χ4n) is 3.34. The lowest BCUT2D eigenvalue weighted by molar-refractivity contribution is -0.127. The molecule has 1 aliphatic heterocycles. The maximum Gasteiger partial charge on any atom is 0.265 e. The number of carbonyl (C=O) groups is 2. The molecule has 0 bridgehead atoms. The number of hydrazone groups is 1. The number of aryl methyl sites for hydroxylation is 1. The van der Waals surface area contributed by atoms with E-state index in [1.54, 1.807) is 29.8 Å². The molecule has 0 spiro atoms. The Balaban J connectivity index is 1.53. The highest BCUT2D eigenvalue weighted by molar-refractivity contribution is 6.28. The third-order valence-electron chi connectivity index (χ3n) is 4.72. The third kappa shape index (κ3) is 3.80. The van der Waals surface area contributed by atoms with Crippen LogP contribution in [-0.4, -0.2) is 27.3 Å². The van der Waals surface area contributed by atoms with Gasteiger partial charge in [0.05, 0.1) is 23.6 Å². The number of nitrogens with zero attached hydrogens (tertiary/aromatic N) is 4. The van der Waals surface area contributed by atoms with E-state index in [-0.39, 0.29) is 5.91 Å². The van der Waals surface area contributed by atoms with Gasteiger partial charge in [-0.05, 0) is 31.5 Å². The summed E-state index contributed by atoms with van der Waals surface area (Å²) < 4.78 is 1.73. The summed E-state index contributed by atoms with van der Waals surface area (Å²) in [7, 11) is 0. The van der Waals surface area contributed by atoms with Crippen LogP contribution in [0.15, 0.2) is 71.8 Å². The summed E-state index contributed by atoms with van der Waals surface area (Å²) in [6, 6.07) is 20.7. The Hall–Kier alpha value is -3.74. The average Bonchev–Trinajstić information content (AvgIpc) is 3.21. The van der Waals surface area contributed by atoms with E-state index in [9.17, 15) is 9.59 Å². The van der Waals surface area contributed by atoms with Crippen molar-refractivity contribution in [3.05, 3.63) is 78.0 Å². The van der Waals surface area contributed by atoms with Crippen molar-refractivity contribution < 1.29 is 9.59 Å². The fraction of sp³-hybridized carbons (Fsp3) is 0.182. The molecule has 1 N–H and O–H groups in total. The molecule has 29 heavy (non-hydrogen) atoms. The van der Waals surface area contributed by atoms with Gasteiger partial charge in [0, 0.05) is 6.07 Å². The molecule has 4 rings (SSSR count). The molecule has 1 aromatic heterocycles. The summed E-state index contributed by atoms with van der Waals surface area (Å²) in [6.45, 7) is 4.07. The Morgan fingerprint density at radius 2 is 1.69 bits per heavy atom. The van der Waals surface area contributed by atoms with Crippen LogP contribution < -0.4 is 10.3 Å². The normalized spacial score (nSPS) is 16.1. The van der Waals surface area contributed by atoms with E-state index in [2.05, 4.69) is 15.5 Å². The molecule has 0 radical (unpaired) electrons. The van der Waals surface area contributed by atoms with Gasteiger partial charge in [0.2, 0.25) is 5.91 Å². The van der Waals surface area contributed by atoms with Crippen molar-refractivity contribution in [2.75, 3.05) is 10.3 Å². The summed E-state index contributed by atoms with van der Waals surface area (Å²) in [6.07, 6.45) is 0. The molecule has 146 valence electrons. The molecule has 2 heterocycles. The van der Waals surface area contributed by atoms with E-state index < -0.39 is 11.8 Å². The number of hydrogen-bond acceptors (Lipinski definition) is 4. The van der Waals surface area contributed by atoms with E-state index in [4.69, 9.17) is 0 Å². The maximum atomic E-state index is 12.9. The molecule has 0 fully saturated rings. The Kier molecular flexibility index (Phi) is 4.95. The van der Waals surface area contributed by atoms with E-state index >= 15 is 0 Å². The molecule has 3 aromatic rings. The maximum absolute atomic E-state index is 12.9. The first-order chi connectivity index (χ1) is 14.0. The molecule has 1 atom stereocenters. The van der Waals surface area contributed by atoms with Gasteiger partial charge in [-0.3, -0.25) is 9.59 Å². The number of hydrogen-bond donors (Lipinski definition) is 1. The van der Waals surface area contributed by atoms with Crippen LogP contribution in [0.5, 0.6) is 0 Å². The monoisotopic (exact) mass is 387 g/mol. The van der Waals surface area contributed by atoms with E-state index in [0.717, 1.165) is 11.3 Å². The van der Waals surface area contributed by atoms with Crippen molar-refractivity contribution in [2.45, 2.75) is 20.4 Å². The minimum Gasteiger partial charge on any atom is -0.310 e. The van der Waals surface area contributed by atoms with Gasteiger partial charge in [-0.2, -0.15) is 15.2 Å². The van der Waals surface area contributed by atoms with Crippen LogP contribution in [0.4, 0.5) is 11.5 Å². The number of carbonyl (C=O) groups excluding carboxylic acids is 2. The van der Waals surface area contributed by atoms with Crippen LogP contribution in [0, 0.1) is 12.8 Å². The van der Waals surface area contributed by atoms with Crippen LogP contribution in [-0.2, 0) is 16.1 Å². The van der Waals surface area contributed by atoms with E-state index in [0.29, 0.717) is 23.8 Å². The number of anilines is 2. The van der Waals surface area contributed by atoms with Crippen molar-refractivity contribution in [1.82, 2.24) is 9.78 Å². The molecule has 7 nitrogen and oxygen atoms in total. The molecular weight excluding hydrogens is 366 g/mol. The minimum absolute atomic E-state index is 0.364. The molecule has 2 aromatic carbocycles. The van der Waals surface area contributed by atoms with Crippen LogP contribution >= 0.6 is 0 Å². The van der Waals surface area contributed by atoms with Gasteiger partial charge in [0.15, 0.2) is 5.92 Å². The second-order valence-corrected chi connectivity index (χ2v) is 6.96. The molecule has 0 saturated heterocycles. The van der Waals surface area contributed by atoms with Gasteiger partial charge >= 0.3 is 0 Å². The van der Waals surface area contributed by atoms with Gasteiger partial charge < -0.3 is 5.32 Å². The minimum atomic E-state index is -0.962. The molecular formula is C22H21N5O2. The summed E-state index contributed by atoms with van der Waals surface area (Å²) in [4.78, 5) is 25.8. The molecule has 0 saturated carbocycles. The average molecular weight is 387 g/mol. The zero-order valence-electron chi connectivity index (χ0n) is 16.2. The summed E-state index contributed by atoms with van der Waals surface area (Å²) in [5.74, 6) is -1.19. The predicted octanol–water partition coefficient (Wildman–Crippen LogP) is 3.22. The first kappa shape index (κ1) is 18.6. The van der Waals surface area contributed by atoms with Crippen molar-refractivity contribution in [1.29, 1.82) is 0 Å². The van der Waals surface area contributed by atoms with Gasteiger partial charge in [-0.25, -0.2) is 4.68 Å². The standard InChI is InChI=1S/C22H21N5O2/c1-15-13-19(26(24-15)14-17-9-5-3-6-10-17)23-21(28)20-16(2)25-27(22(20)29)18-11-7-4-8-12-18/h3-13,20H,14H2,1-2H3,(H,23,28). The highest BCUT2D eigenvalue weighted by Crippen LogP contribution is 2.25. The zero-order chi connectivity index (χ0) is 20.4. The number of rotatable bonds is 5. The van der Waals surface area contributed by atoms with Crippen molar-refractivity contribution in [3.63, 3.8) is 0 Å². The highest BCUT2D eigenvalue weighted by atomic mass is 16.2. The molecule has 7 heteroatoms. The molecule has 1 unspecified atom stereocenters. The lowest BCUT2D eigenvalue weighted by Crippen LogP contribution is -2.36. The van der Waals surface area contributed by atoms with Crippen LogP contribution in [0.2, 0.25) is 0 Å². The SMILES string of the molecule is CC1=NN(c2ccccc2)C(=O)C1C(=O)Nc1cc(C)nn1Cc1ccccc1. The molecule has 0 aliphatic carbocycles. The summed E-state index contributed by atoms with van der Waals surface area (Å²) in [5, 5.41) is 12.9. The van der Waals surface area contributed by atoms with Crippen LogP contribution in [0.25, 0.3) is 0 Å². The number of benzene rings is 2. The van der Waals surface area contributed by atoms with Gasteiger partial charge in [-0.1, -0.05) is 48.5 Å². The summed E-state index contributed by atoms with van der Waals surface area (Å²) in [5.41, 5.74) is 2.95. The molecule has 1 aliphatic rings. The Morgan fingerprint density at radius 1 is 1.03 bits per heavy atom. The quantitative estimate of drug-likeness (QED) is 0.683. The lowest BCUT2D eigenvalue weighted by atomic mass is 10.0. The van der Waals surface area contributed by atoms with Gasteiger partial charge in [0.1, 0.15) is 5.82 Å². The lowest BCUT2D eigenvalue weighted by Gasteiger charge is -2.15. The number of amides is 2. The number of para-hydroxylation sites is 1. The second kappa shape index (κ2) is 7.71. The fourth-order valence-corrected chi connectivity index (χ4v) is 3.34. The van der Waals surface area contributed by atoms with E-state index in [1.807, 2.05) is 55.5 Å². The number of aromatic nitrogens is 2. The molecule has 2 amide bonds. The van der Waals surface area contributed by atoms with Gasteiger partial charge in [-0.15, -0.1) is 0 Å². The Bertz CT molecular complexity index is 1070. The highest BCUT2D eigenvalue weighted by Gasteiger charge is 2.40. The van der Waals surface area contributed by atoms with Crippen molar-refractivity contribution >= 4 is 29.0 Å². The van der Waals surface area contributed by atoms with E-state index in [1.165, 1.54) is 5.01 Å². The topological polar surface area (TPSA) is 79.6 Å². The number of nitrogens with one attached hydrogen (secondary N) is 1. The first-order valence-electron chi connectivity index (χ1n) is 9.36. The Labute approximate surface area is 168 Å². The smallest absolute Gasteiger partial charge is 0.265 e. The van der Waals surface area contributed by atoms with Gasteiger partial charge in [0.25, 0.3) is 5.91 Å². The Morgan fingerprint density at radius 3 is 2.38 bits per heavy atom. The predicted molar refractivity (Wildman–Crippen MR) is 112 cm³/mol. The third-order valence-corrected chi connectivity index (χ3v) is 4.72. The van der Waals surface area contributed by atoms with Crippen molar-refractivity contribution in [3.8, 4) is 0 Å². The summed E-state index contributed by atoms with van der Waals surface area (Å²) >= 11 is 0. The van der Waals surface area contributed by atoms with Crippen LogP contribution in [0.3, 0.4) is 0 Å². The first-order valence-corrected chi connectivity index (χ1v) is 9.36. The largest absolute Gasteiger partial charge is 0.310 e. The second-order valence-electron chi connectivity index (χ2n) is 6.96. The van der Waals surface area contributed by atoms with Crippen LogP contribution in [0.1, 0.15) is 18.2 Å².